The van der Waals surface area contributed by atoms with Crippen LogP contribution in [0.5, 0.6) is 0 Å². The van der Waals surface area contributed by atoms with Crippen LogP contribution < -0.4 is 5.32 Å². The number of amides is 1. The van der Waals surface area contributed by atoms with Crippen molar-refractivity contribution >= 4 is 17.5 Å². The Balaban J connectivity index is 2.79. The molecule has 0 aliphatic rings. The van der Waals surface area contributed by atoms with Crippen molar-refractivity contribution in [1.82, 2.24) is 15.3 Å². The average Bonchev–Trinajstić information content (AvgIpc) is 2.18. The van der Waals surface area contributed by atoms with Gasteiger partial charge in [0.2, 0.25) is 0 Å². The Morgan fingerprint density at radius 3 is 2.67 bits per heavy atom. The van der Waals surface area contributed by atoms with Gasteiger partial charge in [-0.1, -0.05) is 17.5 Å². The Kier molecular flexibility index (Phi) is 3.28. The van der Waals surface area contributed by atoms with Crippen LogP contribution in [-0.4, -0.2) is 21.4 Å². The number of hydrogen-bond donors (Lipinski definition) is 1. The molecule has 78 valence electrons. The van der Waals surface area contributed by atoms with E-state index in [1.165, 1.54) is 12.4 Å². The first-order valence-corrected chi connectivity index (χ1v) is 4.60. The molecule has 0 unspecified atom stereocenters. The van der Waals surface area contributed by atoms with Crippen LogP contribution in [0.1, 0.15) is 24.3 Å². The number of aromatic nitrogens is 2. The lowest BCUT2D eigenvalue weighted by Gasteiger charge is -2.18. The predicted octanol–water partition coefficient (Wildman–Crippen LogP) is 1.27. The zero-order chi connectivity index (χ0) is 11.5. The summed E-state index contributed by atoms with van der Waals surface area (Å²) in [5, 5.41) is 2.86. The molecule has 0 saturated heterocycles. The van der Waals surface area contributed by atoms with Crippen molar-refractivity contribution in [2.45, 2.75) is 19.4 Å². The maximum atomic E-state index is 11.6. The number of terminal acetylenes is 1. The van der Waals surface area contributed by atoms with Gasteiger partial charge in [0.05, 0.1) is 17.9 Å². The van der Waals surface area contributed by atoms with Crippen LogP contribution in [0.15, 0.2) is 12.4 Å². The zero-order valence-corrected chi connectivity index (χ0v) is 9.17. The third-order valence-electron chi connectivity index (χ3n) is 1.64. The SMILES string of the molecule is C#CC(C)(C)NC(=O)c1cnc(Cl)cn1. The molecule has 0 radical (unpaired) electrons. The standard InChI is InChI=1S/C10H10ClN3O/c1-4-10(2,3)14-9(15)7-5-13-8(11)6-12-7/h1,5-6H,2-3H3,(H,14,15). The second kappa shape index (κ2) is 4.28. The molecule has 1 heterocycles. The van der Waals surface area contributed by atoms with Crippen molar-refractivity contribution in [3.63, 3.8) is 0 Å². The van der Waals surface area contributed by atoms with Crippen LogP contribution in [0.25, 0.3) is 0 Å². The Morgan fingerprint density at radius 1 is 1.53 bits per heavy atom. The van der Waals surface area contributed by atoms with Crippen LogP contribution in [0.4, 0.5) is 0 Å². The largest absolute Gasteiger partial charge is 0.335 e. The number of carbonyl (C=O) groups excluding carboxylic acids is 1. The molecule has 1 N–H and O–H groups in total. The van der Waals surface area contributed by atoms with Crippen molar-refractivity contribution in [3.8, 4) is 12.3 Å². The number of nitrogens with one attached hydrogen (secondary N) is 1. The predicted molar refractivity (Wildman–Crippen MR) is 57.4 cm³/mol. The lowest BCUT2D eigenvalue weighted by molar-refractivity contribution is 0.0924. The summed E-state index contributed by atoms with van der Waals surface area (Å²) in [6, 6.07) is 0. The first kappa shape index (κ1) is 11.5. The molecule has 0 aliphatic heterocycles. The van der Waals surface area contributed by atoms with Gasteiger partial charge >= 0.3 is 0 Å². The first-order valence-electron chi connectivity index (χ1n) is 4.22. The Bertz CT molecular complexity index is 406. The van der Waals surface area contributed by atoms with Crippen molar-refractivity contribution in [3.05, 3.63) is 23.2 Å². The zero-order valence-electron chi connectivity index (χ0n) is 8.41. The van der Waals surface area contributed by atoms with E-state index in [9.17, 15) is 4.79 Å². The molecule has 0 spiro atoms. The number of carbonyl (C=O) groups is 1. The van der Waals surface area contributed by atoms with Gasteiger partial charge in [-0.05, 0) is 13.8 Å². The van der Waals surface area contributed by atoms with Gasteiger partial charge in [0.25, 0.3) is 5.91 Å². The van der Waals surface area contributed by atoms with E-state index in [-0.39, 0.29) is 16.8 Å². The summed E-state index contributed by atoms with van der Waals surface area (Å²) < 4.78 is 0. The molecule has 1 amide bonds. The van der Waals surface area contributed by atoms with Gasteiger partial charge in [0, 0.05) is 0 Å². The normalized spacial score (nSPS) is 10.5. The number of rotatable bonds is 2. The number of nitrogens with zero attached hydrogens (tertiary/aromatic N) is 2. The molecule has 15 heavy (non-hydrogen) atoms. The summed E-state index contributed by atoms with van der Waals surface area (Å²) >= 11 is 5.54. The summed E-state index contributed by atoms with van der Waals surface area (Å²) in [5.41, 5.74) is -0.527. The second-order valence-corrected chi connectivity index (χ2v) is 3.84. The molecule has 0 aromatic carbocycles. The number of hydrogen-bond acceptors (Lipinski definition) is 3. The summed E-state index contributed by atoms with van der Waals surface area (Å²) in [6.07, 6.45) is 7.84. The summed E-state index contributed by atoms with van der Waals surface area (Å²) in [6.45, 7) is 3.43. The highest BCUT2D eigenvalue weighted by atomic mass is 35.5. The molecule has 1 aromatic heterocycles. The van der Waals surface area contributed by atoms with Gasteiger partial charge in [0.15, 0.2) is 0 Å². The second-order valence-electron chi connectivity index (χ2n) is 3.45. The highest BCUT2D eigenvalue weighted by Gasteiger charge is 2.18. The molecular weight excluding hydrogens is 214 g/mol. The van der Waals surface area contributed by atoms with Gasteiger partial charge in [0.1, 0.15) is 10.8 Å². The molecule has 0 fully saturated rings. The van der Waals surface area contributed by atoms with E-state index >= 15 is 0 Å². The Labute approximate surface area is 93.1 Å². The quantitative estimate of drug-likeness (QED) is 0.769. The topological polar surface area (TPSA) is 54.9 Å². The fraction of sp³-hybridized carbons (Fsp3) is 0.300. The van der Waals surface area contributed by atoms with Gasteiger partial charge in [-0.2, -0.15) is 0 Å². The third-order valence-corrected chi connectivity index (χ3v) is 1.84. The van der Waals surface area contributed by atoms with Crippen LogP contribution in [0.3, 0.4) is 0 Å². The third kappa shape index (κ3) is 3.22. The maximum absolute atomic E-state index is 11.6. The average molecular weight is 224 g/mol. The van der Waals surface area contributed by atoms with Crippen LogP contribution in [0.2, 0.25) is 5.15 Å². The van der Waals surface area contributed by atoms with Crippen molar-refractivity contribution in [2.75, 3.05) is 0 Å². The van der Waals surface area contributed by atoms with E-state index < -0.39 is 5.54 Å². The van der Waals surface area contributed by atoms with E-state index in [0.29, 0.717) is 0 Å². The maximum Gasteiger partial charge on any atom is 0.272 e. The van der Waals surface area contributed by atoms with Crippen LogP contribution >= 0.6 is 11.6 Å². The fourth-order valence-corrected chi connectivity index (χ4v) is 0.911. The minimum atomic E-state index is -0.710. The summed E-state index contributed by atoms with van der Waals surface area (Å²) in [5.74, 6) is 2.07. The summed E-state index contributed by atoms with van der Waals surface area (Å²) in [7, 11) is 0. The van der Waals surface area contributed by atoms with E-state index in [1.54, 1.807) is 13.8 Å². The molecule has 0 aliphatic carbocycles. The highest BCUT2D eigenvalue weighted by Crippen LogP contribution is 2.04. The van der Waals surface area contributed by atoms with E-state index in [1.807, 2.05) is 0 Å². The monoisotopic (exact) mass is 223 g/mol. The van der Waals surface area contributed by atoms with Crippen LogP contribution in [-0.2, 0) is 0 Å². The molecule has 0 atom stereocenters. The minimum Gasteiger partial charge on any atom is -0.335 e. The molecular formula is C10H10ClN3O. The van der Waals surface area contributed by atoms with Gasteiger partial charge in [-0.25, -0.2) is 9.97 Å². The smallest absolute Gasteiger partial charge is 0.272 e. The highest BCUT2D eigenvalue weighted by molar-refractivity contribution is 6.29. The van der Waals surface area contributed by atoms with Gasteiger partial charge in [-0.15, -0.1) is 6.42 Å². The Hall–Kier alpha value is -1.60. The fourth-order valence-electron chi connectivity index (χ4n) is 0.813. The minimum absolute atomic E-state index is 0.183. The van der Waals surface area contributed by atoms with Crippen molar-refractivity contribution in [1.29, 1.82) is 0 Å². The van der Waals surface area contributed by atoms with Gasteiger partial charge in [-0.3, -0.25) is 4.79 Å². The molecule has 4 nitrogen and oxygen atoms in total. The van der Waals surface area contributed by atoms with E-state index in [2.05, 4.69) is 21.2 Å². The van der Waals surface area contributed by atoms with Crippen molar-refractivity contribution < 1.29 is 4.79 Å². The lowest BCUT2D eigenvalue weighted by atomic mass is 10.1. The van der Waals surface area contributed by atoms with E-state index in [0.717, 1.165) is 0 Å². The summed E-state index contributed by atoms with van der Waals surface area (Å²) in [4.78, 5) is 19.1. The lowest BCUT2D eigenvalue weighted by Crippen LogP contribution is -2.42. The van der Waals surface area contributed by atoms with Crippen molar-refractivity contribution in [2.24, 2.45) is 0 Å². The first-order chi connectivity index (χ1) is 6.94. The van der Waals surface area contributed by atoms with Gasteiger partial charge < -0.3 is 5.32 Å². The number of halogens is 1. The Morgan fingerprint density at radius 2 is 2.20 bits per heavy atom. The molecule has 1 rings (SSSR count). The van der Waals surface area contributed by atoms with Crippen LogP contribution in [0, 0.1) is 12.3 Å². The molecule has 5 heteroatoms. The molecule has 0 bridgehead atoms. The molecule has 1 aromatic rings. The molecule has 0 saturated carbocycles. The van der Waals surface area contributed by atoms with E-state index in [4.69, 9.17) is 18.0 Å².